The number of carbonyl (C=O) groups excluding carboxylic acids is 2. The second-order valence-corrected chi connectivity index (χ2v) is 4.68. The molecule has 2 rings (SSSR count). The van der Waals surface area contributed by atoms with Crippen LogP contribution in [0.2, 0.25) is 0 Å². The monoisotopic (exact) mass is 330 g/mol. The molecule has 8 nitrogen and oxygen atoms in total. The second kappa shape index (κ2) is 7.23. The molecule has 0 atom stereocenters. The van der Waals surface area contributed by atoms with Gasteiger partial charge in [0.05, 0.1) is 36.0 Å². The van der Waals surface area contributed by atoms with E-state index in [1.165, 1.54) is 32.4 Å². The van der Waals surface area contributed by atoms with Gasteiger partial charge >= 0.3 is 11.9 Å². The molecule has 0 aromatic heterocycles. The van der Waals surface area contributed by atoms with E-state index >= 15 is 0 Å². The molecule has 0 fully saturated rings. The van der Waals surface area contributed by atoms with Crippen LogP contribution in [0.3, 0.4) is 0 Å². The minimum atomic E-state index is -0.717. The number of hydrogen-bond donors (Lipinski definition) is 1. The SMILES string of the molecule is COC(=O)c1cccc(Nc2ccc([N+](=O)[O-])cc2C(=O)OC)c1. The standard InChI is InChI=1S/C16H14N2O6/c1-23-15(19)10-4-3-5-11(8-10)17-14-7-6-12(18(21)22)9-13(14)16(20)24-2/h3-9,17H,1-2H3. The molecule has 0 aliphatic heterocycles. The highest BCUT2D eigenvalue weighted by molar-refractivity contribution is 5.97. The lowest BCUT2D eigenvalue weighted by molar-refractivity contribution is -0.384. The number of anilines is 2. The number of hydrogen-bond acceptors (Lipinski definition) is 7. The fourth-order valence-electron chi connectivity index (χ4n) is 2.03. The Morgan fingerprint density at radius 1 is 1.04 bits per heavy atom. The summed E-state index contributed by atoms with van der Waals surface area (Å²) in [7, 11) is 2.46. The van der Waals surface area contributed by atoms with Gasteiger partial charge in [-0.1, -0.05) is 6.07 Å². The first-order valence-electron chi connectivity index (χ1n) is 6.78. The third-order valence-electron chi connectivity index (χ3n) is 3.18. The summed E-state index contributed by atoms with van der Waals surface area (Å²) in [5.41, 5.74) is 0.926. The maximum absolute atomic E-state index is 11.9. The van der Waals surface area contributed by atoms with Crippen molar-refractivity contribution in [2.75, 3.05) is 19.5 Å². The molecular formula is C16H14N2O6. The van der Waals surface area contributed by atoms with Crippen LogP contribution in [0.15, 0.2) is 42.5 Å². The summed E-state index contributed by atoms with van der Waals surface area (Å²) < 4.78 is 9.30. The van der Waals surface area contributed by atoms with Gasteiger partial charge in [0, 0.05) is 17.8 Å². The Labute approximate surface area is 137 Å². The maximum atomic E-state index is 11.9. The number of nitrogens with one attached hydrogen (secondary N) is 1. The molecule has 24 heavy (non-hydrogen) atoms. The molecule has 0 radical (unpaired) electrons. The summed E-state index contributed by atoms with van der Waals surface area (Å²) in [5, 5.41) is 13.8. The van der Waals surface area contributed by atoms with Crippen LogP contribution in [0.25, 0.3) is 0 Å². The van der Waals surface area contributed by atoms with Crippen molar-refractivity contribution in [1.29, 1.82) is 0 Å². The van der Waals surface area contributed by atoms with Crippen molar-refractivity contribution in [2.45, 2.75) is 0 Å². The molecule has 0 bridgehead atoms. The summed E-state index contributed by atoms with van der Waals surface area (Å²) in [4.78, 5) is 33.7. The normalized spacial score (nSPS) is 9.92. The van der Waals surface area contributed by atoms with E-state index in [1.54, 1.807) is 18.2 Å². The molecule has 2 aromatic carbocycles. The average Bonchev–Trinajstić information content (AvgIpc) is 2.60. The van der Waals surface area contributed by atoms with Gasteiger partial charge in [-0.25, -0.2) is 9.59 Å². The van der Waals surface area contributed by atoms with Crippen molar-refractivity contribution in [3.8, 4) is 0 Å². The van der Waals surface area contributed by atoms with Gasteiger partial charge in [0.25, 0.3) is 5.69 Å². The van der Waals surface area contributed by atoms with E-state index in [1.807, 2.05) is 0 Å². The molecule has 0 amide bonds. The molecule has 2 aromatic rings. The number of carbonyl (C=O) groups is 2. The predicted octanol–water partition coefficient (Wildman–Crippen LogP) is 2.91. The number of non-ortho nitro benzene ring substituents is 1. The topological polar surface area (TPSA) is 108 Å². The Balaban J connectivity index is 2.40. The van der Waals surface area contributed by atoms with Gasteiger partial charge in [-0.2, -0.15) is 0 Å². The van der Waals surface area contributed by atoms with Crippen LogP contribution in [0.5, 0.6) is 0 Å². The van der Waals surface area contributed by atoms with Gasteiger partial charge in [0.1, 0.15) is 0 Å². The summed E-state index contributed by atoms with van der Waals surface area (Å²) in [6.07, 6.45) is 0. The molecule has 1 N–H and O–H groups in total. The van der Waals surface area contributed by atoms with Crippen LogP contribution in [0.4, 0.5) is 17.1 Å². The Morgan fingerprint density at radius 3 is 2.38 bits per heavy atom. The van der Waals surface area contributed by atoms with Crippen LogP contribution >= 0.6 is 0 Å². The Kier molecular flexibility index (Phi) is 5.10. The smallest absolute Gasteiger partial charge is 0.340 e. The van der Waals surface area contributed by atoms with Crippen molar-refractivity contribution in [3.05, 3.63) is 63.7 Å². The molecule has 0 saturated carbocycles. The van der Waals surface area contributed by atoms with Crippen molar-refractivity contribution < 1.29 is 24.0 Å². The van der Waals surface area contributed by atoms with Crippen LogP contribution in [0.1, 0.15) is 20.7 Å². The average molecular weight is 330 g/mol. The number of nitro benzene ring substituents is 1. The van der Waals surface area contributed by atoms with E-state index in [0.29, 0.717) is 16.9 Å². The Bertz CT molecular complexity index is 803. The first-order valence-corrected chi connectivity index (χ1v) is 6.78. The number of nitrogens with zero attached hydrogens (tertiary/aromatic N) is 1. The van der Waals surface area contributed by atoms with Crippen molar-refractivity contribution >= 4 is 29.0 Å². The third-order valence-corrected chi connectivity index (χ3v) is 3.18. The van der Waals surface area contributed by atoms with Crippen LogP contribution in [-0.4, -0.2) is 31.1 Å². The van der Waals surface area contributed by atoms with Gasteiger partial charge in [-0.3, -0.25) is 10.1 Å². The lowest BCUT2D eigenvalue weighted by Crippen LogP contribution is -2.07. The van der Waals surface area contributed by atoms with Gasteiger partial charge < -0.3 is 14.8 Å². The molecule has 0 saturated heterocycles. The maximum Gasteiger partial charge on any atom is 0.340 e. The summed E-state index contributed by atoms with van der Waals surface area (Å²) in [5.74, 6) is -1.22. The van der Waals surface area contributed by atoms with Gasteiger partial charge in [0.15, 0.2) is 0 Å². The number of nitro groups is 1. The number of ether oxygens (including phenoxy) is 2. The first-order chi connectivity index (χ1) is 11.5. The summed E-state index contributed by atoms with van der Waals surface area (Å²) in [6.45, 7) is 0. The van der Waals surface area contributed by atoms with Gasteiger partial charge in [-0.15, -0.1) is 0 Å². The lowest BCUT2D eigenvalue weighted by atomic mass is 10.1. The highest BCUT2D eigenvalue weighted by atomic mass is 16.6. The van der Waals surface area contributed by atoms with E-state index < -0.39 is 16.9 Å². The molecule has 124 valence electrons. The van der Waals surface area contributed by atoms with Crippen molar-refractivity contribution in [1.82, 2.24) is 0 Å². The zero-order chi connectivity index (χ0) is 17.7. The highest BCUT2D eigenvalue weighted by Gasteiger charge is 2.17. The van der Waals surface area contributed by atoms with E-state index in [9.17, 15) is 19.7 Å². The molecular weight excluding hydrogens is 316 g/mol. The second-order valence-electron chi connectivity index (χ2n) is 4.68. The highest BCUT2D eigenvalue weighted by Crippen LogP contribution is 2.26. The fourth-order valence-corrected chi connectivity index (χ4v) is 2.03. The third kappa shape index (κ3) is 3.67. The minimum Gasteiger partial charge on any atom is -0.465 e. The Hall–Kier alpha value is -3.42. The first kappa shape index (κ1) is 16.9. The molecule has 0 aliphatic carbocycles. The van der Waals surface area contributed by atoms with E-state index in [-0.39, 0.29) is 11.3 Å². The molecule has 0 heterocycles. The molecule has 0 unspecified atom stereocenters. The molecule has 0 spiro atoms. The Morgan fingerprint density at radius 2 is 1.75 bits per heavy atom. The largest absolute Gasteiger partial charge is 0.465 e. The van der Waals surface area contributed by atoms with Crippen molar-refractivity contribution in [2.24, 2.45) is 0 Å². The van der Waals surface area contributed by atoms with Crippen LogP contribution in [0, 0.1) is 10.1 Å². The predicted molar refractivity (Wildman–Crippen MR) is 85.5 cm³/mol. The zero-order valence-electron chi connectivity index (χ0n) is 12.9. The van der Waals surface area contributed by atoms with Crippen LogP contribution in [-0.2, 0) is 9.47 Å². The number of rotatable bonds is 5. The zero-order valence-corrected chi connectivity index (χ0v) is 12.9. The minimum absolute atomic E-state index is 0.00942. The van der Waals surface area contributed by atoms with Gasteiger partial charge in [-0.05, 0) is 24.3 Å². The fraction of sp³-hybridized carbons (Fsp3) is 0.125. The number of benzene rings is 2. The van der Waals surface area contributed by atoms with Crippen molar-refractivity contribution in [3.63, 3.8) is 0 Å². The molecule has 0 aliphatic rings. The lowest BCUT2D eigenvalue weighted by Gasteiger charge is -2.11. The van der Waals surface area contributed by atoms with Gasteiger partial charge in [0.2, 0.25) is 0 Å². The van der Waals surface area contributed by atoms with E-state index in [2.05, 4.69) is 14.8 Å². The number of esters is 2. The quantitative estimate of drug-likeness (QED) is 0.510. The van der Waals surface area contributed by atoms with E-state index in [0.717, 1.165) is 6.07 Å². The summed E-state index contributed by atoms with van der Waals surface area (Å²) >= 11 is 0. The summed E-state index contributed by atoms with van der Waals surface area (Å²) in [6, 6.07) is 10.2. The molecule has 8 heteroatoms. The van der Waals surface area contributed by atoms with Crippen LogP contribution < -0.4 is 5.32 Å². The van der Waals surface area contributed by atoms with E-state index in [4.69, 9.17) is 0 Å². The number of methoxy groups -OCH3 is 2.